The molecule has 0 aromatic carbocycles. The molecule has 4 nitrogen and oxygen atoms in total. The van der Waals surface area contributed by atoms with Gasteiger partial charge in [-0.3, -0.25) is 0 Å². The number of hydrogen-bond donors (Lipinski definition) is 2. The summed E-state index contributed by atoms with van der Waals surface area (Å²) in [5.74, 6) is 1.85. The maximum atomic E-state index is 9.69. The van der Waals surface area contributed by atoms with E-state index < -0.39 is 0 Å². The molecule has 0 spiro atoms. The Hall–Kier alpha value is -0.870. The van der Waals surface area contributed by atoms with Crippen LogP contribution in [0.5, 0.6) is 0 Å². The monoisotopic (exact) mass is 251 g/mol. The van der Waals surface area contributed by atoms with Gasteiger partial charge in [-0.2, -0.15) is 0 Å². The quantitative estimate of drug-likeness (QED) is 0.841. The van der Waals surface area contributed by atoms with E-state index in [1.54, 1.807) is 0 Å². The van der Waals surface area contributed by atoms with E-state index in [0.717, 1.165) is 37.7 Å². The van der Waals surface area contributed by atoms with Gasteiger partial charge in [-0.25, -0.2) is 4.98 Å². The topological polar surface area (TPSA) is 50.1 Å². The summed E-state index contributed by atoms with van der Waals surface area (Å²) in [6.07, 6.45) is 8.39. The van der Waals surface area contributed by atoms with E-state index in [2.05, 4.69) is 28.7 Å². The third-order valence-corrected chi connectivity index (χ3v) is 4.30. The number of imidazole rings is 1. The van der Waals surface area contributed by atoms with Crippen LogP contribution in [-0.4, -0.2) is 26.8 Å². The molecule has 18 heavy (non-hydrogen) atoms. The SMILES string of the molecule is CCn1ccnc1CNC1(CO)CCC(C)CC1. The van der Waals surface area contributed by atoms with Crippen molar-refractivity contribution < 1.29 is 5.11 Å². The lowest BCUT2D eigenvalue weighted by atomic mass is 9.77. The second kappa shape index (κ2) is 5.85. The van der Waals surface area contributed by atoms with Crippen LogP contribution in [0.2, 0.25) is 0 Å². The van der Waals surface area contributed by atoms with Gasteiger partial charge in [0.25, 0.3) is 0 Å². The third kappa shape index (κ3) is 2.93. The smallest absolute Gasteiger partial charge is 0.122 e. The molecule has 1 aromatic rings. The van der Waals surface area contributed by atoms with E-state index in [1.165, 1.54) is 12.8 Å². The first kappa shape index (κ1) is 13.6. The molecular weight excluding hydrogens is 226 g/mol. The number of aliphatic hydroxyl groups is 1. The molecule has 1 fully saturated rings. The Bertz CT molecular complexity index is 367. The minimum absolute atomic E-state index is 0.0863. The predicted molar refractivity (Wildman–Crippen MR) is 72.2 cm³/mol. The van der Waals surface area contributed by atoms with Gasteiger partial charge in [-0.15, -0.1) is 0 Å². The van der Waals surface area contributed by atoms with E-state index in [1.807, 2.05) is 12.4 Å². The molecule has 0 bridgehead atoms. The van der Waals surface area contributed by atoms with Crippen molar-refractivity contribution in [3.8, 4) is 0 Å². The van der Waals surface area contributed by atoms with Gasteiger partial charge in [-0.05, 0) is 38.5 Å². The maximum Gasteiger partial charge on any atom is 0.122 e. The lowest BCUT2D eigenvalue weighted by Crippen LogP contribution is -2.50. The van der Waals surface area contributed by atoms with Gasteiger partial charge in [0, 0.05) is 24.5 Å². The molecule has 4 heteroatoms. The van der Waals surface area contributed by atoms with Crippen molar-refractivity contribution in [1.29, 1.82) is 0 Å². The number of aryl methyl sites for hydroxylation is 1. The Labute approximate surface area is 109 Å². The number of rotatable bonds is 5. The second-order valence-electron chi connectivity index (χ2n) is 5.60. The summed E-state index contributed by atoms with van der Waals surface area (Å²) >= 11 is 0. The molecule has 2 N–H and O–H groups in total. The fourth-order valence-corrected chi connectivity index (χ4v) is 2.77. The summed E-state index contributed by atoms with van der Waals surface area (Å²) in [7, 11) is 0. The van der Waals surface area contributed by atoms with Crippen LogP contribution >= 0.6 is 0 Å². The average molecular weight is 251 g/mol. The van der Waals surface area contributed by atoms with Crippen LogP contribution in [0.1, 0.15) is 45.4 Å². The van der Waals surface area contributed by atoms with Crippen LogP contribution in [0.3, 0.4) is 0 Å². The molecule has 0 unspecified atom stereocenters. The highest BCUT2D eigenvalue weighted by molar-refractivity contribution is 4.97. The molecule has 1 aromatic heterocycles. The van der Waals surface area contributed by atoms with Crippen molar-refractivity contribution in [1.82, 2.24) is 14.9 Å². The summed E-state index contributed by atoms with van der Waals surface area (Å²) in [6.45, 7) is 6.34. The highest BCUT2D eigenvalue weighted by Gasteiger charge is 2.33. The predicted octanol–water partition coefficient (Wildman–Crippen LogP) is 1.93. The summed E-state index contributed by atoms with van der Waals surface area (Å²) in [5, 5.41) is 13.2. The summed E-state index contributed by atoms with van der Waals surface area (Å²) in [5.41, 5.74) is -0.0863. The number of aromatic nitrogens is 2. The van der Waals surface area contributed by atoms with Gasteiger partial charge in [0.1, 0.15) is 5.82 Å². The normalized spacial score (nSPS) is 28.5. The Balaban J connectivity index is 1.95. The number of nitrogens with one attached hydrogen (secondary N) is 1. The molecule has 0 amide bonds. The largest absolute Gasteiger partial charge is 0.394 e. The first-order valence-corrected chi connectivity index (χ1v) is 7.05. The zero-order valence-corrected chi connectivity index (χ0v) is 11.5. The fourth-order valence-electron chi connectivity index (χ4n) is 2.77. The van der Waals surface area contributed by atoms with Gasteiger partial charge in [0.15, 0.2) is 0 Å². The zero-order chi connectivity index (χ0) is 13.0. The van der Waals surface area contributed by atoms with Crippen LogP contribution in [-0.2, 0) is 13.1 Å². The number of aliphatic hydroxyl groups excluding tert-OH is 1. The first-order valence-electron chi connectivity index (χ1n) is 7.05. The van der Waals surface area contributed by atoms with Gasteiger partial charge in [-0.1, -0.05) is 6.92 Å². The highest BCUT2D eigenvalue weighted by atomic mass is 16.3. The molecule has 1 aliphatic carbocycles. The zero-order valence-electron chi connectivity index (χ0n) is 11.5. The lowest BCUT2D eigenvalue weighted by molar-refractivity contribution is 0.103. The second-order valence-corrected chi connectivity index (χ2v) is 5.60. The molecule has 0 aliphatic heterocycles. The number of hydrogen-bond acceptors (Lipinski definition) is 3. The Morgan fingerprint density at radius 3 is 2.83 bits per heavy atom. The standard InChI is InChI=1S/C14H25N3O/c1-3-17-9-8-15-13(17)10-16-14(11-18)6-4-12(2)5-7-14/h8-9,12,16,18H,3-7,10-11H2,1-2H3. The van der Waals surface area contributed by atoms with Crippen molar-refractivity contribution in [3.05, 3.63) is 18.2 Å². The Kier molecular flexibility index (Phi) is 4.40. The molecule has 0 atom stereocenters. The van der Waals surface area contributed by atoms with Crippen LogP contribution < -0.4 is 5.32 Å². The third-order valence-electron chi connectivity index (χ3n) is 4.30. The minimum Gasteiger partial charge on any atom is -0.394 e. The van der Waals surface area contributed by atoms with Crippen molar-refractivity contribution in [3.63, 3.8) is 0 Å². The molecule has 102 valence electrons. The summed E-state index contributed by atoms with van der Waals surface area (Å²) in [4.78, 5) is 4.37. The van der Waals surface area contributed by atoms with Gasteiger partial charge in [0.2, 0.25) is 0 Å². The van der Waals surface area contributed by atoms with Crippen LogP contribution in [0.4, 0.5) is 0 Å². The van der Waals surface area contributed by atoms with E-state index in [9.17, 15) is 5.11 Å². The van der Waals surface area contributed by atoms with Crippen molar-refractivity contribution in [2.75, 3.05) is 6.61 Å². The van der Waals surface area contributed by atoms with Crippen molar-refractivity contribution >= 4 is 0 Å². The maximum absolute atomic E-state index is 9.69. The fraction of sp³-hybridized carbons (Fsp3) is 0.786. The van der Waals surface area contributed by atoms with E-state index >= 15 is 0 Å². The molecule has 0 saturated heterocycles. The molecule has 0 radical (unpaired) electrons. The highest BCUT2D eigenvalue weighted by Crippen LogP contribution is 2.31. The van der Waals surface area contributed by atoms with E-state index in [0.29, 0.717) is 0 Å². The van der Waals surface area contributed by atoms with Gasteiger partial charge >= 0.3 is 0 Å². The van der Waals surface area contributed by atoms with Crippen LogP contribution in [0.25, 0.3) is 0 Å². The van der Waals surface area contributed by atoms with E-state index in [4.69, 9.17) is 0 Å². The minimum atomic E-state index is -0.0863. The summed E-state index contributed by atoms with van der Waals surface area (Å²) in [6, 6.07) is 0. The number of nitrogens with zero attached hydrogens (tertiary/aromatic N) is 2. The van der Waals surface area contributed by atoms with Gasteiger partial charge in [0.05, 0.1) is 13.2 Å². The lowest BCUT2D eigenvalue weighted by Gasteiger charge is -2.39. The van der Waals surface area contributed by atoms with Crippen LogP contribution in [0, 0.1) is 5.92 Å². The summed E-state index contributed by atoms with van der Waals surface area (Å²) < 4.78 is 2.14. The van der Waals surface area contributed by atoms with Gasteiger partial charge < -0.3 is 15.0 Å². The van der Waals surface area contributed by atoms with E-state index in [-0.39, 0.29) is 12.1 Å². The average Bonchev–Trinajstić information content (AvgIpc) is 2.86. The molecule has 1 heterocycles. The first-order chi connectivity index (χ1) is 8.69. The van der Waals surface area contributed by atoms with Crippen LogP contribution in [0.15, 0.2) is 12.4 Å². The molecule has 2 rings (SSSR count). The molecule has 1 aliphatic rings. The van der Waals surface area contributed by atoms with Crippen molar-refractivity contribution in [2.45, 2.75) is 58.2 Å². The Morgan fingerprint density at radius 1 is 1.50 bits per heavy atom. The molecule has 1 saturated carbocycles. The Morgan fingerprint density at radius 2 is 2.22 bits per heavy atom. The molecular formula is C14H25N3O. The van der Waals surface area contributed by atoms with Crippen molar-refractivity contribution in [2.24, 2.45) is 5.92 Å².